The molecule has 1 heterocycles. The Morgan fingerprint density at radius 2 is 2.64 bits per heavy atom. The summed E-state index contributed by atoms with van der Waals surface area (Å²) in [6, 6.07) is 0. The largest absolute Gasteiger partial charge is 0.337 e. The predicted octanol–water partition coefficient (Wildman–Crippen LogP) is 1.76. The van der Waals surface area contributed by atoms with Gasteiger partial charge >= 0.3 is 0 Å². The molecule has 0 bridgehead atoms. The van der Waals surface area contributed by atoms with Gasteiger partial charge in [0.1, 0.15) is 0 Å². The van der Waals surface area contributed by atoms with Gasteiger partial charge in [0.15, 0.2) is 0 Å². The molecular weight excluding hydrogens is 160 g/mol. The van der Waals surface area contributed by atoms with Crippen LogP contribution in [0.25, 0.3) is 0 Å². The van der Waals surface area contributed by atoms with Crippen LogP contribution in [-0.4, -0.2) is 15.4 Å². The van der Waals surface area contributed by atoms with Crippen molar-refractivity contribution in [3.05, 3.63) is 18.2 Å². The van der Waals surface area contributed by atoms with Gasteiger partial charge in [0, 0.05) is 30.7 Å². The van der Waals surface area contributed by atoms with Crippen LogP contribution >= 0.6 is 11.6 Å². The zero-order valence-electron chi connectivity index (χ0n) is 6.50. The summed E-state index contributed by atoms with van der Waals surface area (Å²) in [5, 5.41) is 0. The Morgan fingerprint density at radius 3 is 3.09 bits per heavy atom. The van der Waals surface area contributed by atoms with E-state index in [4.69, 9.17) is 11.6 Å². The quantitative estimate of drug-likeness (QED) is 0.619. The molecule has 0 saturated heterocycles. The van der Waals surface area contributed by atoms with Gasteiger partial charge in [-0.05, 0) is 12.3 Å². The Hall–Kier alpha value is -0.500. The highest BCUT2D eigenvalue weighted by Crippen LogP contribution is 2.47. The molecule has 0 radical (unpaired) electrons. The number of halogens is 1. The van der Waals surface area contributed by atoms with Crippen LogP contribution in [0.15, 0.2) is 12.5 Å². The molecule has 0 amide bonds. The first-order valence-corrected chi connectivity index (χ1v) is 4.38. The highest BCUT2D eigenvalue weighted by molar-refractivity contribution is 6.18. The summed E-state index contributed by atoms with van der Waals surface area (Å²) < 4.78 is 2.08. The van der Waals surface area contributed by atoms with Gasteiger partial charge in [-0.3, -0.25) is 0 Å². The van der Waals surface area contributed by atoms with Crippen molar-refractivity contribution in [2.75, 3.05) is 5.88 Å². The van der Waals surface area contributed by atoms with E-state index in [1.54, 1.807) is 0 Å². The van der Waals surface area contributed by atoms with Crippen LogP contribution in [0.2, 0.25) is 0 Å². The van der Waals surface area contributed by atoms with Crippen molar-refractivity contribution in [2.45, 2.75) is 12.3 Å². The molecule has 0 aromatic carbocycles. The van der Waals surface area contributed by atoms with E-state index in [0.717, 1.165) is 5.88 Å². The fourth-order valence-corrected chi connectivity index (χ4v) is 1.85. The molecule has 1 aromatic heterocycles. The summed E-state index contributed by atoms with van der Waals surface area (Å²) in [6.07, 6.45) is 5.03. The average Bonchev–Trinajstić information content (AvgIpc) is 2.68. The Balaban J connectivity index is 2.14. The number of imidazole rings is 1. The van der Waals surface area contributed by atoms with E-state index in [9.17, 15) is 0 Å². The van der Waals surface area contributed by atoms with Crippen molar-refractivity contribution in [1.82, 2.24) is 9.55 Å². The summed E-state index contributed by atoms with van der Waals surface area (Å²) in [6.45, 7) is 0. The second-order valence-electron chi connectivity index (χ2n) is 3.19. The monoisotopic (exact) mass is 170 g/mol. The highest BCUT2D eigenvalue weighted by atomic mass is 35.5. The van der Waals surface area contributed by atoms with Crippen molar-refractivity contribution in [1.29, 1.82) is 0 Å². The van der Waals surface area contributed by atoms with Gasteiger partial charge in [-0.25, -0.2) is 4.98 Å². The Kier molecular flexibility index (Phi) is 1.64. The normalized spacial score (nSPS) is 28.9. The topological polar surface area (TPSA) is 17.8 Å². The van der Waals surface area contributed by atoms with Crippen LogP contribution < -0.4 is 0 Å². The Labute approximate surface area is 71.2 Å². The van der Waals surface area contributed by atoms with E-state index in [1.807, 2.05) is 19.6 Å². The Bertz CT molecular complexity index is 256. The van der Waals surface area contributed by atoms with Gasteiger partial charge in [0.05, 0.1) is 6.33 Å². The number of nitrogens with zero attached hydrogens (tertiary/aromatic N) is 2. The molecule has 2 nitrogen and oxygen atoms in total. The fraction of sp³-hybridized carbons (Fsp3) is 0.625. The molecule has 60 valence electrons. The third-order valence-electron chi connectivity index (χ3n) is 2.35. The van der Waals surface area contributed by atoms with E-state index < -0.39 is 0 Å². The minimum Gasteiger partial charge on any atom is -0.337 e. The molecule has 2 unspecified atom stereocenters. The lowest BCUT2D eigenvalue weighted by molar-refractivity contribution is 0.794. The van der Waals surface area contributed by atoms with Gasteiger partial charge < -0.3 is 4.57 Å². The lowest BCUT2D eigenvalue weighted by Gasteiger charge is -1.97. The molecule has 2 atom stereocenters. The van der Waals surface area contributed by atoms with E-state index in [2.05, 4.69) is 9.55 Å². The molecule has 1 saturated carbocycles. The number of alkyl halides is 1. The van der Waals surface area contributed by atoms with E-state index in [0.29, 0.717) is 11.8 Å². The van der Waals surface area contributed by atoms with Crippen LogP contribution in [0.1, 0.15) is 18.0 Å². The van der Waals surface area contributed by atoms with Crippen molar-refractivity contribution in [2.24, 2.45) is 13.0 Å². The zero-order valence-corrected chi connectivity index (χ0v) is 7.25. The van der Waals surface area contributed by atoms with Crippen LogP contribution in [-0.2, 0) is 7.05 Å². The summed E-state index contributed by atoms with van der Waals surface area (Å²) in [5.74, 6) is 2.17. The number of rotatable bonds is 2. The van der Waals surface area contributed by atoms with E-state index in [1.165, 1.54) is 12.1 Å². The summed E-state index contributed by atoms with van der Waals surface area (Å²) in [7, 11) is 2.03. The standard InChI is InChI=1S/C8H11ClN2/c1-11-5-10-4-8(11)7-2-6(7)3-9/h4-7H,2-3H2,1H3. The number of hydrogen-bond donors (Lipinski definition) is 0. The van der Waals surface area contributed by atoms with Crippen LogP contribution in [0, 0.1) is 5.92 Å². The Morgan fingerprint density at radius 1 is 1.82 bits per heavy atom. The highest BCUT2D eigenvalue weighted by Gasteiger charge is 2.38. The minimum absolute atomic E-state index is 0.681. The second kappa shape index (κ2) is 2.52. The number of hydrogen-bond acceptors (Lipinski definition) is 1. The van der Waals surface area contributed by atoms with Gasteiger partial charge in [-0.2, -0.15) is 0 Å². The van der Waals surface area contributed by atoms with Gasteiger partial charge in [0.25, 0.3) is 0 Å². The predicted molar refractivity (Wildman–Crippen MR) is 44.8 cm³/mol. The van der Waals surface area contributed by atoms with Crippen LogP contribution in [0.4, 0.5) is 0 Å². The summed E-state index contributed by atoms with van der Waals surface area (Å²) >= 11 is 5.73. The maximum atomic E-state index is 5.73. The van der Waals surface area contributed by atoms with E-state index in [-0.39, 0.29) is 0 Å². The van der Waals surface area contributed by atoms with E-state index >= 15 is 0 Å². The third-order valence-corrected chi connectivity index (χ3v) is 2.75. The SMILES string of the molecule is Cn1cncc1C1CC1CCl. The first kappa shape index (κ1) is 7.17. The molecule has 0 N–H and O–H groups in total. The maximum absolute atomic E-state index is 5.73. The maximum Gasteiger partial charge on any atom is 0.0945 e. The lowest BCUT2D eigenvalue weighted by atomic mass is 10.2. The number of aryl methyl sites for hydroxylation is 1. The van der Waals surface area contributed by atoms with Crippen molar-refractivity contribution in [3.8, 4) is 0 Å². The molecule has 0 aliphatic heterocycles. The van der Waals surface area contributed by atoms with Crippen molar-refractivity contribution in [3.63, 3.8) is 0 Å². The molecule has 3 heteroatoms. The fourth-order valence-electron chi connectivity index (χ4n) is 1.51. The third kappa shape index (κ3) is 1.16. The lowest BCUT2D eigenvalue weighted by Crippen LogP contribution is -1.93. The molecule has 1 aliphatic rings. The molecule has 0 spiro atoms. The van der Waals surface area contributed by atoms with Gasteiger partial charge in [-0.1, -0.05) is 0 Å². The molecule has 1 fully saturated rings. The molecular formula is C8H11ClN2. The average molecular weight is 171 g/mol. The van der Waals surface area contributed by atoms with Gasteiger partial charge in [-0.15, -0.1) is 11.6 Å². The smallest absolute Gasteiger partial charge is 0.0945 e. The summed E-state index contributed by atoms with van der Waals surface area (Å²) in [4.78, 5) is 4.07. The van der Waals surface area contributed by atoms with Crippen molar-refractivity contribution >= 4 is 11.6 Å². The first-order valence-electron chi connectivity index (χ1n) is 3.85. The summed E-state index contributed by atoms with van der Waals surface area (Å²) in [5.41, 5.74) is 1.33. The van der Waals surface area contributed by atoms with Crippen LogP contribution in [0.5, 0.6) is 0 Å². The molecule has 1 aliphatic carbocycles. The second-order valence-corrected chi connectivity index (χ2v) is 3.49. The van der Waals surface area contributed by atoms with Gasteiger partial charge in [0.2, 0.25) is 0 Å². The molecule has 11 heavy (non-hydrogen) atoms. The zero-order chi connectivity index (χ0) is 7.84. The van der Waals surface area contributed by atoms with Crippen LogP contribution in [0.3, 0.4) is 0 Å². The molecule has 1 aromatic rings. The minimum atomic E-state index is 0.681. The molecule has 2 rings (SSSR count). The van der Waals surface area contributed by atoms with Crippen molar-refractivity contribution < 1.29 is 0 Å². The first-order chi connectivity index (χ1) is 5.33. The number of aromatic nitrogens is 2.